The van der Waals surface area contributed by atoms with E-state index >= 15 is 0 Å². The topological polar surface area (TPSA) is 91.6 Å². The Balaban J connectivity index is 1.70. The number of rotatable bonds is 3. The van der Waals surface area contributed by atoms with Gasteiger partial charge >= 0.3 is 0 Å². The fourth-order valence-corrected chi connectivity index (χ4v) is 4.17. The third-order valence-corrected chi connectivity index (χ3v) is 6.10. The first-order valence-corrected chi connectivity index (χ1v) is 10.2. The molecule has 1 aromatic heterocycles. The average Bonchev–Trinajstić information content (AvgIpc) is 2.85. The van der Waals surface area contributed by atoms with Crippen molar-refractivity contribution in [2.45, 2.75) is 39.4 Å². The minimum atomic E-state index is -0.922. The summed E-state index contributed by atoms with van der Waals surface area (Å²) in [4.78, 5) is 40.0. The zero-order chi connectivity index (χ0) is 22.4. The van der Waals surface area contributed by atoms with Crippen molar-refractivity contribution < 1.29 is 19.1 Å². The van der Waals surface area contributed by atoms with E-state index in [0.717, 1.165) is 5.56 Å². The lowest BCUT2D eigenvalue weighted by Gasteiger charge is -2.38. The van der Waals surface area contributed by atoms with Crippen molar-refractivity contribution in [1.29, 1.82) is 0 Å². The number of nitrogens with zero attached hydrogens (tertiary/aromatic N) is 2. The summed E-state index contributed by atoms with van der Waals surface area (Å²) in [7, 11) is 0. The number of fused-ring (bicyclic) bond motifs is 4. The first kappa shape index (κ1) is 20.8. The molecule has 2 N–H and O–H groups in total. The quantitative estimate of drug-likeness (QED) is 0.740. The summed E-state index contributed by atoms with van der Waals surface area (Å²) in [6.07, 6.45) is 5.25. The molecule has 0 aliphatic carbocycles. The summed E-state index contributed by atoms with van der Waals surface area (Å²) in [5.41, 5.74) is -0.281. The van der Waals surface area contributed by atoms with Crippen LogP contribution in [0.3, 0.4) is 0 Å². The molecule has 2 aromatic rings. The third-order valence-electron chi connectivity index (χ3n) is 6.10. The SMILES string of the molecule is Cc1ccc(CNC(=O)c2cn3c(c(O)c2=O)C(=O)N2C[C@@H]3[C@H](C)C=C[C@@H]2C)c(F)c1. The molecule has 162 valence electrons. The minimum absolute atomic E-state index is 0.0127. The Labute approximate surface area is 178 Å². The first-order chi connectivity index (χ1) is 14.7. The molecule has 31 heavy (non-hydrogen) atoms. The van der Waals surface area contributed by atoms with Gasteiger partial charge in [0.15, 0.2) is 11.4 Å². The number of aromatic nitrogens is 1. The molecule has 0 saturated heterocycles. The molecule has 3 heterocycles. The molecule has 3 atom stereocenters. The van der Waals surface area contributed by atoms with Gasteiger partial charge in [-0.1, -0.05) is 31.2 Å². The number of aromatic hydroxyl groups is 1. The lowest BCUT2D eigenvalue weighted by atomic mass is 9.98. The van der Waals surface area contributed by atoms with Crippen molar-refractivity contribution in [3.8, 4) is 5.75 Å². The third kappa shape index (κ3) is 3.52. The van der Waals surface area contributed by atoms with Crippen LogP contribution in [0.25, 0.3) is 0 Å². The molecule has 7 nitrogen and oxygen atoms in total. The Morgan fingerprint density at radius 1 is 1.26 bits per heavy atom. The standard InChI is InChI=1S/C23H24FN3O4/c1-12-4-7-15(17(24)8-12)9-25-22(30)16-10-27-18-11-26(14(3)6-5-13(18)2)23(31)19(27)21(29)20(16)28/h4-8,10,13-14,18,29H,9,11H2,1-3H3,(H,25,30)/t13-,14+,18-/m1/s1. The smallest absolute Gasteiger partial charge is 0.275 e. The molecule has 2 aliphatic rings. The molecular formula is C23H24FN3O4. The molecule has 0 radical (unpaired) electrons. The lowest BCUT2D eigenvalue weighted by molar-refractivity contribution is 0.0612. The Morgan fingerprint density at radius 3 is 2.71 bits per heavy atom. The Bertz CT molecular complexity index is 1170. The van der Waals surface area contributed by atoms with Crippen LogP contribution in [0.5, 0.6) is 5.75 Å². The largest absolute Gasteiger partial charge is 0.503 e. The molecule has 2 bridgehead atoms. The summed E-state index contributed by atoms with van der Waals surface area (Å²) in [5, 5.41) is 13.1. The van der Waals surface area contributed by atoms with Crippen LogP contribution in [-0.2, 0) is 6.54 Å². The van der Waals surface area contributed by atoms with Gasteiger partial charge in [0.1, 0.15) is 11.4 Å². The second-order valence-electron chi connectivity index (χ2n) is 8.26. The number of amides is 2. The zero-order valence-corrected chi connectivity index (χ0v) is 17.6. The van der Waals surface area contributed by atoms with E-state index in [1.54, 1.807) is 24.0 Å². The summed E-state index contributed by atoms with van der Waals surface area (Å²) in [6, 6.07) is 4.25. The van der Waals surface area contributed by atoms with Gasteiger partial charge in [-0.15, -0.1) is 0 Å². The Kier molecular flexibility index (Phi) is 5.16. The van der Waals surface area contributed by atoms with E-state index in [-0.39, 0.29) is 41.4 Å². The number of nitrogens with one attached hydrogen (secondary N) is 1. The Morgan fingerprint density at radius 2 is 2.00 bits per heavy atom. The van der Waals surface area contributed by atoms with Crippen LogP contribution in [0.15, 0.2) is 41.3 Å². The van der Waals surface area contributed by atoms with Gasteiger partial charge in [-0.2, -0.15) is 0 Å². The van der Waals surface area contributed by atoms with Crippen molar-refractivity contribution >= 4 is 11.8 Å². The van der Waals surface area contributed by atoms with Crippen molar-refractivity contribution in [3.05, 3.63) is 75.0 Å². The van der Waals surface area contributed by atoms with Gasteiger partial charge in [0.2, 0.25) is 5.43 Å². The first-order valence-electron chi connectivity index (χ1n) is 10.2. The fourth-order valence-electron chi connectivity index (χ4n) is 4.17. The summed E-state index contributed by atoms with van der Waals surface area (Å²) in [5.74, 6) is -2.38. The maximum atomic E-state index is 14.1. The van der Waals surface area contributed by atoms with Crippen molar-refractivity contribution in [2.75, 3.05) is 6.54 Å². The number of carbonyl (C=O) groups is 2. The zero-order valence-electron chi connectivity index (χ0n) is 17.6. The van der Waals surface area contributed by atoms with Crippen LogP contribution in [0.1, 0.15) is 51.9 Å². The molecule has 1 aromatic carbocycles. The van der Waals surface area contributed by atoms with Gasteiger partial charge in [-0.05, 0) is 31.4 Å². The van der Waals surface area contributed by atoms with Gasteiger partial charge < -0.3 is 19.9 Å². The normalized spacial score (nSPS) is 22.1. The van der Waals surface area contributed by atoms with E-state index in [4.69, 9.17) is 0 Å². The minimum Gasteiger partial charge on any atom is -0.503 e. The average molecular weight is 425 g/mol. The van der Waals surface area contributed by atoms with E-state index in [9.17, 15) is 23.9 Å². The van der Waals surface area contributed by atoms with Gasteiger partial charge in [0.05, 0.1) is 6.04 Å². The number of hydrogen-bond donors (Lipinski definition) is 2. The highest BCUT2D eigenvalue weighted by molar-refractivity contribution is 5.99. The number of hydrogen-bond acceptors (Lipinski definition) is 4. The summed E-state index contributed by atoms with van der Waals surface area (Å²) >= 11 is 0. The number of carbonyl (C=O) groups excluding carboxylic acids is 2. The second-order valence-corrected chi connectivity index (χ2v) is 8.26. The van der Waals surface area contributed by atoms with Crippen LogP contribution >= 0.6 is 0 Å². The predicted molar refractivity (Wildman–Crippen MR) is 113 cm³/mol. The summed E-state index contributed by atoms with van der Waals surface area (Å²) in [6.45, 7) is 5.90. The van der Waals surface area contributed by atoms with Crippen LogP contribution in [0, 0.1) is 18.7 Å². The van der Waals surface area contributed by atoms with Crippen LogP contribution < -0.4 is 10.7 Å². The lowest BCUT2D eigenvalue weighted by Crippen LogP contribution is -2.48. The highest BCUT2D eigenvalue weighted by atomic mass is 19.1. The van der Waals surface area contributed by atoms with Gasteiger partial charge in [0.25, 0.3) is 11.8 Å². The van der Waals surface area contributed by atoms with E-state index in [1.807, 2.05) is 26.0 Å². The van der Waals surface area contributed by atoms with E-state index in [0.29, 0.717) is 6.54 Å². The van der Waals surface area contributed by atoms with Crippen LogP contribution in [-0.4, -0.2) is 39.0 Å². The number of benzene rings is 1. The molecule has 0 unspecified atom stereocenters. The van der Waals surface area contributed by atoms with Crippen molar-refractivity contribution in [3.63, 3.8) is 0 Å². The highest BCUT2D eigenvalue weighted by Crippen LogP contribution is 2.34. The number of allylic oxidation sites excluding steroid dienone is 1. The predicted octanol–water partition coefficient (Wildman–Crippen LogP) is 2.52. The van der Waals surface area contributed by atoms with Crippen LogP contribution in [0.4, 0.5) is 4.39 Å². The molecule has 0 spiro atoms. The molecule has 2 aliphatic heterocycles. The number of halogens is 1. The van der Waals surface area contributed by atoms with Crippen molar-refractivity contribution in [1.82, 2.24) is 14.8 Å². The van der Waals surface area contributed by atoms with Crippen LogP contribution in [0.2, 0.25) is 0 Å². The van der Waals surface area contributed by atoms with Gasteiger partial charge in [0, 0.05) is 30.9 Å². The Hall–Kier alpha value is -3.42. The van der Waals surface area contributed by atoms with E-state index < -0.39 is 28.8 Å². The molecule has 2 amide bonds. The summed E-state index contributed by atoms with van der Waals surface area (Å²) < 4.78 is 15.6. The van der Waals surface area contributed by atoms with Crippen molar-refractivity contribution in [2.24, 2.45) is 5.92 Å². The molecule has 0 saturated carbocycles. The number of pyridine rings is 1. The molecule has 0 fully saturated rings. The molecule has 4 rings (SSSR count). The van der Waals surface area contributed by atoms with Gasteiger partial charge in [-0.3, -0.25) is 14.4 Å². The maximum absolute atomic E-state index is 14.1. The molecule has 8 heteroatoms. The van der Waals surface area contributed by atoms with E-state index in [1.165, 1.54) is 16.8 Å². The van der Waals surface area contributed by atoms with Gasteiger partial charge in [-0.25, -0.2) is 4.39 Å². The fraction of sp³-hybridized carbons (Fsp3) is 0.348. The number of aryl methyl sites for hydroxylation is 1. The second kappa shape index (κ2) is 7.68. The maximum Gasteiger partial charge on any atom is 0.275 e. The van der Waals surface area contributed by atoms with E-state index in [2.05, 4.69) is 5.32 Å². The molecular weight excluding hydrogens is 401 g/mol. The highest BCUT2D eigenvalue weighted by Gasteiger charge is 2.39. The monoisotopic (exact) mass is 425 g/mol.